The molecular weight excluding hydrogens is 278 g/mol. The smallest absolute Gasteiger partial charge is 0.0456 e. The summed E-state index contributed by atoms with van der Waals surface area (Å²) in [4.78, 5) is 0. The molecule has 0 spiro atoms. The van der Waals surface area contributed by atoms with Gasteiger partial charge < -0.3 is 5.32 Å². The fraction of sp³-hybridized carbons (Fsp3) is 0.368. The quantitative estimate of drug-likeness (QED) is 0.804. The molecule has 0 aliphatic carbocycles. The van der Waals surface area contributed by atoms with Gasteiger partial charge in [-0.15, -0.1) is 0 Å². The van der Waals surface area contributed by atoms with Crippen LogP contribution in [0.5, 0.6) is 0 Å². The monoisotopic (exact) mass is 301 g/mol. The lowest BCUT2D eigenvalue weighted by Crippen LogP contribution is -2.24. The van der Waals surface area contributed by atoms with Crippen LogP contribution in [-0.4, -0.2) is 6.54 Å². The minimum atomic E-state index is 0.253. The molecule has 1 atom stereocenters. The molecule has 2 rings (SSSR count). The molecule has 2 aromatic rings. The van der Waals surface area contributed by atoms with Gasteiger partial charge in [0.25, 0.3) is 0 Å². The minimum Gasteiger partial charge on any atom is -0.310 e. The van der Waals surface area contributed by atoms with E-state index in [1.807, 2.05) is 6.07 Å². The summed E-state index contributed by atoms with van der Waals surface area (Å²) in [5.74, 6) is 0. The van der Waals surface area contributed by atoms with Crippen molar-refractivity contribution >= 4 is 11.6 Å². The van der Waals surface area contributed by atoms with Crippen molar-refractivity contribution in [3.05, 3.63) is 69.2 Å². The SMILES string of the molecule is CCNC(Cc1c(C)cccc1C)c1ccc(C)cc1Cl. The van der Waals surface area contributed by atoms with E-state index < -0.39 is 0 Å². The molecule has 0 saturated carbocycles. The number of benzene rings is 2. The molecule has 1 N–H and O–H groups in total. The van der Waals surface area contributed by atoms with Crippen LogP contribution < -0.4 is 5.32 Å². The number of nitrogens with one attached hydrogen (secondary N) is 1. The lowest BCUT2D eigenvalue weighted by Gasteiger charge is -2.22. The highest BCUT2D eigenvalue weighted by atomic mass is 35.5. The fourth-order valence-electron chi connectivity index (χ4n) is 2.83. The highest BCUT2D eigenvalue weighted by Crippen LogP contribution is 2.28. The van der Waals surface area contributed by atoms with Gasteiger partial charge in [0.2, 0.25) is 0 Å². The van der Waals surface area contributed by atoms with Crippen LogP contribution in [0.25, 0.3) is 0 Å². The van der Waals surface area contributed by atoms with E-state index in [4.69, 9.17) is 11.6 Å². The first kappa shape index (κ1) is 16.1. The van der Waals surface area contributed by atoms with Crippen LogP contribution in [0.4, 0.5) is 0 Å². The second-order valence-electron chi connectivity index (χ2n) is 5.71. The maximum absolute atomic E-state index is 6.47. The van der Waals surface area contributed by atoms with Gasteiger partial charge in [0.1, 0.15) is 0 Å². The first-order valence-electron chi connectivity index (χ1n) is 7.57. The van der Waals surface area contributed by atoms with E-state index in [0.29, 0.717) is 0 Å². The van der Waals surface area contributed by atoms with Gasteiger partial charge in [0.15, 0.2) is 0 Å². The summed E-state index contributed by atoms with van der Waals surface area (Å²) in [5, 5.41) is 4.43. The van der Waals surface area contributed by atoms with Gasteiger partial charge in [-0.25, -0.2) is 0 Å². The maximum Gasteiger partial charge on any atom is 0.0456 e. The number of rotatable bonds is 5. The Balaban J connectivity index is 2.35. The zero-order valence-electron chi connectivity index (χ0n) is 13.3. The van der Waals surface area contributed by atoms with E-state index in [1.165, 1.54) is 27.8 Å². The molecule has 0 radical (unpaired) electrons. The molecule has 2 heteroatoms. The molecule has 0 aliphatic heterocycles. The Kier molecular flexibility index (Phi) is 5.44. The predicted molar refractivity (Wildman–Crippen MR) is 92.2 cm³/mol. The van der Waals surface area contributed by atoms with E-state index in [1.54, 1.807) is 0 Å². The molecule has 2 aromatic carbocycles. The standard InChI is InChI=1S/C19H24ClN/c1-5-21-19(16-10-9-13(2)11-18(16)20)12-17-14(3)7-6-8-15(17)4/h6-11,19,21H,5,12H2,1-4H3. The number of likely N-dealkylation sites (N-methyl/N-ethyl adjacent to an activating group) is 1. The summed E-state index contributed by atoms with van der Waals surface area (Å²) in [6.45, 7) is 9.51. The van der Waals surface area contributed by atoms with Crippen molar-refractivity contribution in [2.24, 2.45) is 0 Å². The zero-order valence-corrected chi connectivity index (χ0v) is 14.1. The average molecular weight is 302 g/mol. The summed E-state index contributed by atoms with van der Waals surface area (Å²) in [7, 11) is 0. The lowest BCUT2D eigenvalue weighted by molar-refractivity contribution is 0.548. The molecule has 112 valence electrons. The van der Waals surface area contributed by atoms with Crippen LogP contribution in [-0.2, 0) is 6.42 Å². The Morgan fingerprint density at radius 1 is 1.05 bits per heavy atom. The molecule has 0 amide bonds. The Morgan fingerprint density at radius 3 is 2.29 bits per heavy atom. The van der Waals surface area contributed by atoms with Crippen molar-refractivity contribution in [3.63, 3.8) is 0 Å². The number of halogens is 1. The summed E-state index contributed by atoms with van der Waals surface area (Å²) in [5.41, 5.74) is 6.50. The molecule has 0 heterocycles. The van der Waals surface area contributed by atoms with Crippen LogP contribution in [0.1, 0.15) is 40.8 Å². The average Bonchev–Trinajstić information content (AvgIpc) is 2.42. The van der Waals surface area contributed by atoms with Crippen molar-refractivity contribution in [2.45, 2.75) is 40.2 Å². The Morgan fingerprint density at radius 2 is 1.71 bits per heavy atom. The topological polar surface area (TPSA) is 12.0 Å². The number of hydrogen-bond donors (Lipinski definition) is 1. The van der Waals surface area contributed by atoms with Gasteiger partial charge in [-0.2, -0.15) is 0 Å². The van der Waals surface area contributed by atoms with E-state index in [-0.39, 0.29) is 6.04 Å². The predicted octanol–water partition coefficient (Wildman–Crippen LogP) is 5.16. The summed E-state index contributed by atoms with van der Waals surface area (Å²) in [6, 6.07) is 13.1. The third-order valence-corrected chi connectivity index (χ3v) is 4.36. The first-order chi connectivity index (χ1) is 10.0. The molecule has 0 bridgehead atoms. The lowest BCUT2D eigenvalue weighted by atomic mass is 9.92. The fourth-order valence-corrected chi connectivity index (χ4v) is 3.20. The first-order valence-corrected chi connectivity index (χ1v) is 7.95. The third-order valence-electron chi connectivity index (χ3n) is 4.03. The molecule has 1 unspecified atom stereocenters. The summed E-state index contributed by atoms with van der Waals surface area (Å²) in [6.07, 6.45) is 0.967. The van der Waals surface area contributed by atoms with Crippen molar-refractivity contribution in [2.75, 3.05) is 6.54 Å². The summed E-state index contributed by atoms with van der Waals surface area (Å²) >= 11 is 6.47. The molecular formula is C19H24ClN. The molecule has 1 nitrogen and oxygen atoms in total. The number of aryl methyl sites for hydroxylation is 3. The van der Waals surface area contributed by atoms with Crippen LogP contribution in [0.3, 0.4) is 0 Å². The Labute approximate surface area is 133 Å². The third kappa shape index (κ3) is 3.87. The van der Waals surface area contributed by atoms with Gasteiger partial charge in [0, 0.05) is 11.1 Å². The molecule has 0 aromatic heterocycles. The van der Waals surface area contributed by atoms with Crippen molar-refractivity contribution in [1.82, 2.24) is 5.32 Å². The van der Waals surface area contributed by atoms with Crippen LogP contribution in [0.15, 0.2) is 36.4 Å². The molecule has 0 saturated heterocycles. The minimum absolute atomic E-state index is 0.253. The van der Waals surface area contributed by atoms with E-state index in [0.717, 1.165) is 18.0 Å². The largest absolute Gasteiger partial charge is 0.310 e. The van der Waals surface area contributed by atoms with Gasteiger partial charge in [0.05, 0.1) is 0 Å². The Bertz CT molecular complexity index is 599. The van der Waals surface area contributed by atoms with E-state index in [2.05, 4.69) is 63.3 Å². The van der Waals surface area contributed by atoms with Crippen LogP contribution in [0, 0.1) is 20.8 Å². The number of hydrogen-bond acceptors (Lipinski definition) is 1. The highest BCUT2D eigenvalue weighted by Gasteiger charge is 2.16. The molecule has 21 heavy (non-hydrogen) atoms. The van der Waals surface area contributed by atoms with Crippen LogP contribution >= 0.6 is 11.6 Å². The van der Waals surface area contributed by atoms with Crippen molar-refractivity contribution in [1.29, 1.82) is 0 Å². The highest BCUT2D eigenvalue weighted by molar-refractivity contribution is 6.31. The summed E-state index contributed by atoms with van der Waals surface area (Å²) < 4.78 is 0. The van der Waals surface area contributed by atoms with Crippen molar-refractivity contribution < 1.29 is 0 Å². The van der Waals surface area contributed by atoms with Gasteiger partial charge in [-0.05, 0) is 67.6 Å². The van der Waals surface area contributed by atoms with Gasteiger partial charge >= 0.3 is 0 Å². The Hall–Kier alpha value is -1.31. The van der Waals surface area contributed by atoms with Gasteiger partial charge in [-0.3, -0.25) is 0 Å². The molecule has 0 aliphatic rings. The second kappa shape index (κ2) is 7.11. The molecule has 0 fully saturated rings. The van der Waals surface area contributed by atoms with Crippen molar-refractivity contribution in [3.8, 4) is 0 Å². The van der Waals surface area contributed by atoms with Crippen LogP contribution in [0.2, 0.25) is 5.02 Å². The van der Waals surface area contributed by atoms with E-state index in [9.17, 15) is 0 Å². The second-order valence-corrected chi connectivity index (χ2v) is 6.12. The maximum atomic E-state index is 6.47. The normalized spacial score (nSPS) is 12.4. The zero-order chi connectivity index (χ0) is 15.4. The van der Waals surface area contributed by atoms with Gasteiger partial charge in [-0.1, -0.05) is 48.9 Å². The van der Waals surface area contributed by atoms with E-state index >= 15 is 0 Å².